The lowest BCUT2D eigenvalue weighted by Gasteiger charge is -2.23. The molecule has 1 aliphatic rings. The number of anilines is 1. The van der Waals surface area contributed by atoms with E-state index in [0.29, 0.717) is 5.75 Å². The average molecular weight is 418 g/mol. The van der Waals surface area contributed by atoms with E-state index in [-0.39, 0.29) is 11.2 Å². The Morgan fingerprint density at radius 2 is 1.90 bits per heavy atom. The van der Waals surface area contributed by atoms with Crippen LogP contribution in [0.15, 0.2) is 71.8 Å². The number of thioether (sulfide) groups is 1. The number of para-hydroxylation sites is 1. The summed E-state index contributed by atoms with van der Waals surface area (Å²) in [5, 5.41) is 0.830. The van der Waals surface area contributed by atoms with Gasteiger partial charge in [0.2, 0.25) is 0 Å². The Bertz CT molecular complexity index is 1140. The third kappa shape index (κ3) is 3.58. The molecule has 4 nitrogen and oxygen atoms in total. The molecular weight excluding hydrogens is 390 g/mol. The summed E-state index contributed by atoms with van der Waals surface area (Å²) in [5.41, 5.74) is 6.78. The smallest absolute Gasteiger partial charge is 0.173 e. The molecular formula is C25H27N3OS. The topological polar surface area (TPSA) is 38.1 Å². The Kier molecular flexibility index (Phi) is 5.33. The van der Waals surface area contributed by atoms with E-state index >= 15 is 0 Å². The van der Waals surface area contributed by atoms with E-state index in [0.717, 1.165) is 16.5 Å². The molecule has 0 saturated heterocycles. The molecule has 5 heteroatoms. The molecule has 1 aliphatic heterocycles. The van der Waals surface area contributed by atoms with E-state index in [1.54, 1.807) is 12.3 Å². The fraction of sp³-hybridized carbons (Fsp3) is 0.280. The Morgan fingerprint density at radius 1 is 1.13 bits per heavy atom. The molecule has 1 aromatic heterocycles. The van der Waals surface area contributed by atoms with Crippen molar-refractivity contribution in [3.05, 3.63) is 83.3 Å². The maximum absolute atomic E-state index is 12.9. The number of carbonyl (C=O) groups is 1. The van der Waals surface area contributed by atoms with Gasteiger partial charge in [0.05, 0.1) is 11.4 Å². The lowest BCUT2D eigenvalue weighted by molar-refractivity contribution is -0.112. The van der Waals surface area contributed by atoms with Crippen molar-refractivity contribution < 1.29 is 4.79 Å². The molecule has 0 aliphatic carbocycles. The molecule has 3 aromatic rings. The Labute approximate surface area is 182 Å². The molecule has 0 amide bonds. The van der Waals surface area contributed by atoms with Gasteiger partial charge in [-0.1, -0.05) is 61.5 Å². The Balaban J connectivity index is 1.53. The van der Waals surface area contributed by atoms with Crippen LogP contribution in [0.25, 0.3) is 5.69 Å². The summed E-state index contributed by atoms with van der Waals surface area (Å²) in [6.07, 6.45) is 5.54. The largest absolute Gasteiger partial charge is 0.347 e. The highest BCUT2D eigenvalue weighted by atomic mass is 32.2. The third-order valence-corrected chi connectivity index (χ3v) is 6.79. The van der Waals surface area contributed by atoms with Crippen LogP contribution in [0.5, 0.6) is 0 Å². The summed E-state index contributed by atoms with van der Waals surface area (Å²) in [6.45, 7) is 8.54. The number of imidazole rings is 1. The van der Waals surface area contributed by atoms with Crippen molar-refractivity contribution in [1.29, 1.82) is 0 Å². The van der Waals surface area contributed by atoms with E-state index in [2.05, 4.69) is 78.5 Å². The normalized spacial score (nSPS) is 16.2. The predicted octanol–water partition coefficient (Wildman–Crippen LogP) is 5.46. The lowest BCUT2D eigenvalue weighted by atomic mass is 9.83. The standard InChI is InChI=1S/C25H27N3OS/c1-17-10-11-21(18(2)14-17)28-13-12-26-24(28)30-16-19(29)15-23-25(3,4)20-8-6-7-9-22(20)27(23)5/h6-15H,16H2,1-5H3. The minimum absolute atomic E-state index is 0.0953. The monoisotopic (exact) mass is 417 g/mol. The third-order valence-electron chi connectivity index (χ3n) is 5.80. The van der Waals surface area contributed by atoms with Crippen LogP contribution in [0, 0.1) is 13.8 Å². The summed E-state index contributed by atoms with van der Waals surface area (Å²) < 4.78 is 2.06. The van der Waals surface area contributed by atoms with Crippen LogP contribution in [-0.2, 0) is 10.2 Å². The van der Waals surface area contributed by atoms with Gasteiger partial charge in [-0.2, -0.15) is 0 Å². The number of rotatable bonds is 5. The first-order valence-electron chi connectivity index (χ1n) is 10.1. The molecule has 0 atom stereocenters. The summed E-state index contributed by atoms with van der Waals surface area (Å²) in [4.78, 5) is 19.5. The minimum atomic E-state index is -0.191. The van der Waals surface area contributed by atoms with Gasteiger partial charge in [0.15, 0.2) is 10.9 Å². The van der Waals surface area contributed by atoms with Gasteiger partial charge in [-0.25, -0.2) is 4.98 Å². The molecule has 154 valence electrons. The van der Waals surface area contributed by atoms with Crippen LogP contribution in [0.2, 0.25) is 0 Å². The SMILES string of the molecule is Cc1ccc(-n2ccnc2SCC(=O)C=C2N(C)c3ccccc3C2(C)C)c(C)c1. The molecule has 2 aromatic carbocycles. The maximum Gasteiger partial charge on any atom is 0.173 e. The second-order valence-corrected chi connectivity index (χ2v) is 9.30. The molecule has 0 fully saturated rings. The van der Waals surface area contributed by atoms with Crippen LogP contribution in [0.3, 0.4) is 0 Å². The lowest BCUT2D eigenvalue weighted by Crippen LogP contribution is -2.24. The number of carbonyl (C=O) groups excluding carboxylic acids is 1. The molecule has 4 rings (SSSR count). The first-order chi connectivity index (χ1) is 14.3. The predicted molar refractivity (Wildman–Crippen MR) is 125 cm³/mol. The summed E-state index contributed by atoms with van der Waals surface area (Å²) in [7, 11) is 2.03. The van der Waals surface area contributed by atoms with Crippen LogP contribution in [-0.4, -0.2) is 28.1 Å². The number of nitrogens with zero attached hydrogens (tertiary/aromatic N) is 3. The molecule has 0 bridgehead atoms. The van der Waals surface area contributed by atoms with Crippen LogP contribution < -0.4 is 4.90 Å². The number of hydrogen-bond donors (Lipinski definition) is 0. The number of ketones is 1. The van der Waals surface area contributed by atoms with Crippen LogP contribution >= 0.6 is 11.8 Å². The van der Waals surface area contributed by atoms with Crippen molar-refractivity contribution in [3.8, 4) is 5.69 Å². The Hall–Kier alpha value is -2.79. The van der Waals surface area contributed by atoms with E-state index in [1.165, 1.54) is 34.1 Å². The van der Waals surface area contributed by atoms with Gasteiger partial charge in [-0.15, -0.1) is 0 Å². The summed E-state index contributed by atoms with van der Waals surface area (Å²) >= 11 is 1.48. The van der Waals surface area contributed by atoms with Crippen molar-refractivity contribution in [2.24, 2.45) is 0 Å². The zero-order chi connectivity index (χ0) is 21.5. The second kappa shape index (κ2) is 7.80. The van der Waals surface area contributed by atoms with E-state index in [4.69, 9.17) is 0 Å². The highest BCUT2D eigenvalue weighted by Crippen LogP contribution is 2.46. The number of allylic oxidation sites excluding steroid dienone is 2. The van der Waals surface area contributed by atoms with Gasteiger partial charge in [0.25, 0.3) is 0 Å². The molecule has 2 heterocycles. The van der Waals surface area contributed by atoms with E-state index in [1.807, 2.05) is 19.3 Å². The fourth-order valence-corrected chi connectivity index (χ4v) is 5.03. The first-order valence-corrected chi connectivity index (χ1v) is 11.1. The van der Waals surface area contributed by atoms with Gasteiger partial charge in [0.1, 0.15) is 0 Å². The number of hydrogen-bond acceptors (Lipinski definition) is 4. The van der Waals surface area contributed by atoms with Crippen LogP contribution in [0.1, 0.15) is 30.5 Å². The number of benzene rings is 2. The van der Waals surface area contributed by atoms with E-state index in [9.17, 15) is 4.79 Å². The quantitative estimate of drug-likeness (QED) is 0.408. The Morgan fingerprint density at radius 3 is 2.63 bits per heavy atom. The van der Waals surface area contributed by atoms with Crippen LogP contribution in [0.4, 0.5) is 5.69 Å². The van der Waals surface area contributed by atoms with Crippen molar-refractivity contribution >= 4 is 23.2 Å². The highest BCUT2D eigenvalue weighted by Gasteiger charge is 2.38. The zero-order valence-corrected chi connectivity index (χ0v) is 19.0. The summed E-state index contributed by atoms with van der Waals surface area (Å²) in [6, 6.07) is 14.7. The van der Waals surface area contributed by atoms with Crippen molar-refractivity contribution in [3.63, 3.8) is 0 Å². The fourth-order valence-electron chi connectivity index (χ4n) is 4.24. The zero-order valence-electron chi connectivity index (χ0n) is 18.1. The van der Waals surface area contributed by atoms with Crippen molar-refractivity contribution in [1.82, 2.24) is 9.55 Å². The van der Waals surface area contributed by atoms with Gasteiger partial charge >= 0.3 is 0 Å². The molecule has 0 unspecified atom stereocenters. The van der Waals surface area contributed by atoms with Crippen molar-refractivity contribution in [2.75, 3.05) is 17.7 Å². The molecule has 0 radical (unpaired) electrons. The first kappa shape index (κ1) is 20.5. The second-order valence-electron chi connectivity index (χ2n) is 8.36. The van der Waals surface area contributed by atoms with Gasteiger partial charge in [-0.3, -0.25) is 9.36 Å². The van der Waals surface area contributed by atoms with Crippen molar-refractivity contribution in [2.45, 2.75) is 38.3 Å². The molecule has 0 N–H and O–H groups in total. The van der Waals surface area contributed by atoms with E-state index < -0.39 is 0 Å². The molecule has 30 heavy (non-hydrogen) atoms. The number of likely N-dealkylation sites (N-methyl/N-ethyl adjacent to an activating group) is 1. The average Bonchev–Trinajstić information content (AvgIpc) is 3.24. The van der Waals surface area contributed by atoms with Gasteiger partial charge in [-0.05, 0) is 37.1 Å². The molecule has 0 saturated carbocycles. The highest BCUT2D eigenvalue weighted by molar-refractivity contribution is 7.99. The molecule has 0 spiro atoms. The number of fused-ring (bicyclic) bond motifs is 1. The van der Waals surface area contributed by atoms with Gasteiger partial charge < -0.3 is 4.90 Å². The van der Waals surface area contributed by atoms with Gasteiger partial charge in [0, 0.05) is 42.3 Å². The summed E-state index contributed by atoms with van der Waals surface area (Å²) in [5.74, 6) is 0.448. The maximum atomic E-state index is 12.9. The number of aromatic nitrogens is 2. The number of aryl methyl sites for hydroxylation is 2. The minimum Gasteiger partial charge on any atom is -0.347 e.